The SMILES string of the molecule is Cc1ccc(C(=O)N2CCc3ccc(C(=O)O)cc3C2)cc1C. The summed E-state index contributed by atoms with van der Waals surface area (Å²) in [6.07, 6.45) is 0.756. The van der Waals surface area contributed by atoms with Gasteiger partial charge in [0.2, 0.25) is 0 Å². The van der Waals surface area contributed by atoms with Crippen molar-refractivity contribution in [3.05, 3.63) is 69.8 Å². The average Bonchev–Trinajstić information content (AvgIpc) is 2.55. The standard InChI is InChI=1S/C19H19NO3/c1-12-3-4-15(9-13(12)2)18(21)20-8-7-14-5-6-16(19(22)23)10-17(14)11-20/h3-6,9-10H,7-8,11H2,1-2H3,(H,22,23). The van der Waals surface area contributed by atoms with E-state index < -0.39 is 5.97 Å². The molecule has 2 aromatic rings. The van der Waals surface area contributed by atoms with Crippen molar-refractivity contribution in [3.63, 3.8) is 0 Å². The minimum Gasteiger partial charge on any atom is -0.478 e. The van der Waals surface area contributed by atoms with Crippen LogP contribution in [0.1, 0.15) is 43.0 Å². The number of amides is 1. The van der Waals surface area contributed by atoms with Gasteiger partial charge < -0.3 is 10.0 Å². The van der Waals surface area contributed by atoms with Gasteiger partial charge in [0, 0.05) is 18.7 Å². The van der Waals surface area contributed by atoms with Crippen LogP contribution in [0.4, 0.5) is 0 Å². The van der Waals surface area contributed by atoms with Crippen molar-refractivity contribution < 1.29 is 14.7 Å². The van der Waals surface area contributed by atoms with Crippen LogP contribution in [0.5, 0.6) is 0 Å². The second-order valence-corrected chi connectivity index (χ2v) is 6.06. The van der Waals surface area contributed by atoms with Gasteiger partial charge in [-0.15, -0.1) is 0 Å². The molecule has 0 unspecified atom stereocenters. The Balaban J connectivity index is 1.85. The summed E-state index contributed by atoms with van der Waals surface area (Å²) in [5.41, 5.74) is 5.26. The van der Waals surface area contributed by atoms with Crippen LogP contribution in [-0.2, 0) is 13.0 Å². The van der Waals surface area contributed by atoms with E-state index in [-0.39, 0.29) is 11.5 Å². The predicted molar refractivity (Wildman–Crippen MR) is 87.8 cm³/mol. The van der Waals surface area contributed by atoms with Gasteiger partial charge in [0.1, 0.15) is 0 Å². The van der Waals surface area contributed by atoms with Crippen LogP contribution >= 0.6 is 0 Å². The Morgan fingerprint density at radius 1 is 0.957 bits per heavy atom. The van der Waals surface area contributed by atoms with Gasteiger partial charge in [0.05, 0.1) is 5.56 Å². The number of rotatable bonds is 2. The monoisotopic (exact) mass is 309 g/mol. The van der Waals surface area contributed by atoms with E-state index in [2.05, 4.69) is 0 Å². The maximum atomic E-state index is 12.7. The molecule has 1 aliphatic heterocycles. The first kappa shape index (κ1) is 15.3. The Morgan fingerprint density at radius 2 is 1.70 bits per heavy atom. The third-order valence-electron chi connectivity index (χ3n) is 4.51. The van der Waals surface area contributed by atoms with Crippen LogP contribution in [0, 0.1) is 13.8 Å². The molecule has 1 aliphatic rings. The van der Waals surface area contributed by atoms with Crippen molar-refractivity contribution in [2.24, 2.45) is 0 Å². The molecule has 0 saturated heterocycles. The molecule has 0 aliphatic carbocycles. The fourth-order valence-electron chi connectivity index (χ4n) is 2.92. The number of fused-ring (bicyclic) bond motifs is 1. The highest BCUT2D eigenvalue weighted by Gasteiger charge is 2.22. The minimum absolute atomic E-state index is 0.000483. The van der Waals surface area contributed by atoms with Crippen molar-refractivity contribution in [2.75, 3.05) is 6.54 Å². The number of benzene rings is 2. The van der Waals surface area contributed by atoms with Gasteiger partial charge in [0.25, 0.3) is 5.91 Å². The molecule has 4 heteroatoms. The minimum atomic E-state index is -0.939. The highest BCUT2D eigenvalue weighted by atomic mass is 16.4. The maximum Gasteiger partial charge on any atom is 0.335 e. The van der Waals surface area contributed by atoms with Gasteiger partial charge in [0.15, 0.2) is 0 Å². The molecule has 0 fully saturated rings. The zero-order valence-corrected chi connectivity index (χ0v) is 13.3. The molecular weight excluding hydrogens is 290 g/mol. The van der Waals surface area contributed by atoms with Crippen LogP contribution in [0.2, 0.25) is 0 Å². The predicted octanol–water partition coefficient (Wildman–Crippen LogP) is 3.20. The van der Waals surface area contributed by atoms with Gasteiger partial charge in [-0.3, -0.25) is 4.79 Å². The van der Waals surface area contributed by atoms with Gasteiger partial charge >= 0.3 is 5.97 Å². The topological polar surface area (TPSA) is 57.6 Å². The first-order valence-electron chi connectivity index (χ1n) is 7.67. The number of hydrogen-bond donors (Lipinski definition) is 1. The number of carbonyl (C=O) groups is 2. The van der Waals surface area contributed by atoms with Crippen molar-refractivity contribution in [1.82, 2.24) is 4.90 Å². The maximum absolute atomic E-state index is 12.7. The van der Waals surface area contributed by atoms with E-state index >= 15 is 0 Å². The molecule has 3 rings (SSSR count). The van der Waals surface area contributed by atoms with Crippen molar-refractivity contribution in [2.45, 2.75) is 26.8 Å². The summed E-state index contributed by atoms with van der Waals surface area (Å²) in [7, 11) is 0. The molecule has 0 aromatic heterocycles. The normalized spacial score (nSPS) is 13.6. The Hall–Kier alpha value is -2.62. The molecule has 1 N–H and O–H groups in total. The molecule has 2 aromatic carbocycles. The number of aryl methyl sites for hydroxylation is 2. The van der Waals surface area contributed by atoms with Gasteiger partial charge in [-0.2, -0.15) is 0 Å². The highest BCUT2D eigenvalue weighted by molar-refractivity contribution is 5.94. The number of hydrogen-bond acceptors (Lipinski definition) is 2. The zero-order chi connectivity index (χ0) is 16.6. The fraction of sp³-hybridized carbons (Fsp3) is 0.263. The van der Waals surface area contributed by atoms with E-state index in [0.29, 0.717) is 18.7 Å². The van der Waals surface area contributed by atoms with Crippen molar-refractivity contribution in [1.29, 1.82) is 0 Å². The van der Waals surface area contributed by atoms with E-state index in [1.807, 2.05) is 38.1 Å². The lowest BCUT2D eigenvalue weighted by Crippen LogP contribution is -2.36. The summed E-state index contributed by atoms with van der Waals surface area (Å²) in [6.45, 7) is 5.14. The molecule has 0 saturated carbocycles. The number of carbonyl (C=O) groups excluding carboxylic acids is 1. The molecule has 0 spiro atoms. The summed E-state index contributed by atoms with van der Waals surface area (Å²) in [6, 6.07) is 10.9. The van der Waals surface area contributed by atoms with Crippen molar-refractivity contribution >= 4 is 11.9 Å². The second-order valence-electron chi connectivity index (χ2n) is 6.06. The van der Waals surface area contributed by atoms with Crippen LogP contribution in [-0.4, -0.2) is 28.4 Å². The summed E-state index contributed by atoms with van der Waals surface area (Å²) in [4.78, 5) is 25.6. The zero-order valence-electron chi connectivity index (χ0n) is 13.3. The Kier molecular flexibility index (Phi) is 3.90. The third-order valence-corrected chi connectivity index (χ3v) is 4.51. The number of aromatic carboxylic acids is 1. The molecule has 118 valence electrons. The second kappa shape index (κ2) is 5.88. The summed E-state index contributed by atoms with van der Waals surface area (Å²) in [5, 5.41) is 9.12. The van der Waals surface area contributed by atoms with Gasteiger partial charge in [-0.1, -0.05) is 12.1 Å². The lowest BCUT2D eigenvalue weighted by atomic mass is 9.96. The first-order valence-corrected chi connectivity index (χ1v) is 7.67. The molecule has 0 radical (unpaired) electrons. The van der Waals surface area contributed by atoms with Crippen molar-refractivity contribution in [3.8, 4) is 0 Å². The van der Waals surface area contributed by atoms with E-state index in [9.17, 15) is 9.59 Å². The summed E-state index contributed by atoms with van der Waals surface area (Å²) in [5.74, 6) is -0.940. The van der Waals surface area contributed by atoms with E-state index in [1.54, 1.807) is 17.0 Å². The Bertz CT molecular complexity index is 795. The molecular formula is C19H19NO3. The van der Waals surface area contributed by atoms with Gasteiger partial charge in [-0.25, -0.2) is 4.79 Å². The van der Waals surface area contributed by atoms with E-state index in [0.717, 1.165) is 28.7 Å². The first-order chi connectivity index (χ1) is 11.0. The quantitative estimate of drug-likeness (QED) is 0.927. The third kappa shape index (κ3) is 2.97. The fourth-order valence-corrected chi connectivity index (χ4v) is 2.92. The largest absolute Gasteiger partial charge is 0.478 e. The number of carboxylic acid groups (broad SMARTS) is 1. The smallest absolute Gasteiger partial charge is 0.335 e. The van der Waals surface area contributed by atoms with E-state index in [1.165, 1.54) is 0 Å². The lowest BCUT2D eigenvalue weighted by molar-refractivity contribution is 0.0696. The molecule has 1 heterocycles. The average molecular weight is 309 g/mol. The summed E-state index contributed by atoms with van der Waals surface area (Å²) < 4.78 is 0. The van der Waals surface area contributed by atoms with Crippen LogP contribution in [0.25, 0.3) is 0 Å². The Morgan fingerprint density at radius 3 is 2.39 bits per heavy atom. The van der Waals surface area contributed by atoms with Crippen LogP contribution in [0.3, 0.4) is 0 Å². The molecule has 1 amide bonds. The molecule has 23 heavy (non-hydrogen) atoms. The number of carboxylic acids is 1. The van der Waals surface area contributed by atoms with Crippen LogP contribution in [0.15, 0.2) is 36.4 Å². The molecule has 0 atom stereocenters. The van der Waals surface area contributed by atoms with Gasteiger partial charge in [-0.05, 0) is 66.8 Å². The Labute approximate surface area is 135 Å². The molecule has 4 nitrogen and oxygen atoms in total. The highest BCUT2D eigenvalue weighted by Crippen LogP contribution is 2.22. The van der Waals surface area contributed by atoms with E-state index in [4.69, 9.17) is 5.11 Å². The summed E-state index contributed by atoms with van der Waals surface area (Å²) >= 11 is 0. The molecule has 0 bridgehead atoms. The van der Waals surface area contributed by atoms with Crippen LogP contribution < -0.4 is 0 Å². The number of nitrogens with zero attached hydrogens (tertiary/aromatic N) is 1. The lowest BCUT2D eigenvalue weighted by Gasteiger charge is -2.29.